The van der Waals surface area contributed by atoms with Crippen molar-refractivity contribution in [1.29, 1.82) is 0 Å². The zero-order valence-corrected chi connectivity index (χ0v) is 13.0. The van der Waals surface area contributed by atoms with E-state index in [2.05, 4.69) is 22.4 Å². The molecule has 0 aliphatic carbocycles. The zero-order chi connectivity index (χ0) is 14.5. The van der Waals surface area contributed by atoms with Crippen LogP contribution in [0.4, 0.5) is 5.13 Å². The van der Waals surface area contributed by atoms with Crippen LogP contribution < -0.4 is 14.8 Å². The molecule has 108 valence electrons. The molecule has 1 aromatic heterocycles. The highest BCUT2D eigenvalue weighted by atomic mass is 32.1. The monoisotopic (exact) mass is 293 g/mol. The Morgan fingerprint density at radius 3 is 2.50 bits per heavy atom. The molecule has 0 amide bonds. The van der Waals surface area contributed by atoms with E-state index in [0.717, 1.165) is 33.6 Å². The first-order valence-electron chi connectivity index (χ1n) is 6.46. The quantitative estimate of drug-likeness (QED) is 0.884. The van der Waals surface area contributed by atoms with Crippen LogP contribution in [0.15, 0.2) is 18.2 Å². The van der Waals surface area contributed by atoms with E-state index in [1.807, 2.05) is 25.1 Å². The summed E-state index contributed by atoms with van der Waals surface area (Å²) in [6.07, 6.45) is 0.939. The van der Waals surface area contributed by atoms with Crippen molar-refractivity contribution in [3.63, 3.8) is 0 Å². The van der Waals surface area contributed by atoms with Crippen LogP contribution in [0.5, 0.6) is 11.5 Å². The Balaban J connectivity index is 2.22. The number of methoxy groups -OCH3 is 2. The molecule has 2 rings (SSSR count). The van der Waals surface area contributed by atoms with Crippen LogP contribution in [-0.4, -0.2) is 24.4 Å². The molecular formula is C14H19N3O2S. The number of rotatable bonds is 6. The highest BCUT2D eigenvalue weighted by Crippen LogP contribution is 2.32. The molecule has 1 heterocycles. The lowest BCUT2D eigenvalue weighted by Crippen LogP contribution is -2.09. The van der Waals surface area contributed by atoms with E-state index in [1.165, 1.54) is 0 Å². The fraction of sp³-hybridized carbons (Fsp3) is 0.429. The Hall–Kier alpha value is -1.82. The summed E-state index contributed by atoms with van der Waals surface area (Å²) in [5, 5.41) is 13.3. The first-order valence-corrected chi connectivity index (χ1v) is 7.28. The van der Waals surface area contributed by atoms with Crippen LogP contribution in [0.3, 0.4) is 0 Å². The number of hydrogen-bond donors (Lipinski definition) is 1. The summed E-state index contributed by atoms with van der Waals surface area (Å²) < 4.78 is 10.6. The fourth-order valence-corrected chi connectivity index (χ4v) is 2.64. The van der Waals surface area contributed by atoms with Crippen LogP contribution in [0.1, 0.15) is 30.0 Å². The minimum absolute atomic E-state index is 0.169. The molecule has 1 unspecified atom stereocenters. The van der Waals surface area contributed by atoms with Gasteiger partial charge in [-0.05, 0) is 31.0 Å². The Kier molecular flexibility index (Phi) is 4.79. The predicted molar refractivity (Wildman–Crippen MR) is 80.8 cm³/mol. The van der Waals surface area contributed by atoms with Gasteiger partial charge in [0.25, 0.3) is 0 Å². The smallest absolute Gasteiger partial charge is 0.206 e. The molecule has 20 heavy (non-hydrogen) atoms. The van der Waals surface area contributed by atoms with Crippen molar-refractivity contribution in [2.75, 3.05) is 19.5 Å². The van der Waals surface area contributed by atoms with Crippen molar-refractivity contribution in [1.82, 2.24) is 10.2 Å². The average molecular weight is 293 g/mol. The largest absolute Gasteiger partial charge is 0.493 e. The van der Waals surface area contributed by atoms with Crippen LogP contribution in [0.25, 0.3) is 0 Å². The Morgan fingerprint density at radius 2 is 1.95 bits per heavy atom. The predicted octanol–water partition coefficient (Wildman–Crippen LogP) is 3.43. The number of aromatic nitrogens is 2. The SMILES string of the molecule is CCC(Nc1nnc(C)s1)c1ccc(OC)c(OC)c1. The summed E-state index contributed by atoms with van der Waals surface area (Å²) in [6.45, 7) is 4.07. The number of ether oxygens (including phenoxy) is 2. The van der Waals surface area contributed by atoms with Crippen molar-refractivity contribution in [2.24, 2.45) is 0 Å². The van der Waals surface area contributed by atoms with Gasteiger partial charge >= 0.3 is 0 Å². The number of aryl methyl sites for hydroxylation is 1. The van der Waals surface area contributed by atoms with Gasteiger partial charge in [-0.1, -0.05) is 24.3 Å². The van der Waals surface area contributed by atoms with Crippen molar-refractivity contribution >= 4 is 16.5 Å². The summed E-state index contributed by atoms with van der Waals surface area (Å²) >= 11 is 1.55. The van der Waals surface area contributed by atoms with Crippen molar-refractivity contribution < 1.29 is 9.47 Å². The van der Waals surface area contributed by atoms with Crippen LogP contribution in [-0.2, 0) is 0 Å². The topological polar surface area (TPSA) is 56.3 Å². The third-order valence-corrected chi connectivity index (χ3v) is 3.81. The lowest BCUT2D eigenvalue weighted by molar-refractivity contribution is 0.354. The number of benzene rings is 1. The minimum atomic E-state index is 0.169. The summed E-state index contributed by atoms with van der Waals surface area (Å²) in [6, 6.07) is 6.12. The molecule has 0 spiro atoms. The second-order valence-corrected chi connectivity index (χ2v) is 5.53. The lowest BCUT2D eigenvalue weighted by Gasteiger charge is -2.18. The second kappa shape index (κ2) is 6.56. The zero-order valence-electron chi connectivity index (χ0n) is 12.1. The minimum Gasteiger partial charge on any atom is -0.493 e. The highest BCUT2D eigenvalue weighted by Gasteiger charge is 2.14. The van der Waals surface area contributed by atoms with E-state index in [0.29, 0.717) is 0 Å². The van der Waals surface area contributed by atoms with Crippen molar-refractivity contribution in [2.45, 2.75) is 26.3 Å². The van der Waals surface area contributed by atoms with Gasteiger partial charge in [-0.2, -0.15) is 0 Å². The van der Waals surface area contributed by atoms with E-state index in [-0.39, 0.29) is 6.04 Å². The maximum Gasteiger partial charge on any atom is 0.206 e. The van der Waals surface area contributed by atoms with Crippen molar-refractivity contribution in [3.05, 3.63) is 28.8 Å². The second-order valence-electron chi connectivity index (χ2n) is 4.35. The molecular weight excluding hydrogens is 274 g/mol. The summed E-state index contributed by atoms with van der Waals surface area (Å²) in [5.74, 6) is 1.47. The van der Waals surface area contributed by atoms with Gasteiger partial charge in [0.2, 0.25) is 5.13 Å². The third-order valence-electron chi connectivity index (χ3n) is 3.04. The summed E-state index contributed by atoms with van der Waals surface area (Å²) in [5.41, 5.74) is 1.14. The maximum atomic E-state index is 5.35. The summed E-state index contributed by atoms with van der Waals surface area (Å²) in [7, 11) is 3.28. The molecule has 0 aliphatic rings. The molecule has 0 saturated carbocycles. The van der Waals surface area contributed by atoms with Gasteiger partial charge in [0.1, 0.15) is 5.01 Å². The Morgan fingerprint density at radius 1 is 1.20 bits per heavy atom. The van der Waals surface area contributed by atoms with Gasteiger partial charge < -0.3 is 14.8 Å². The molecule has 1 atom stereocenters. The van der Waals surface area contributed by atoms with Crippen LogP contribution >= 0.6 is 11.3 Å². The molecule has 1 aromatic carbocycles. The molecule has 0 saturated heterocycles. The maximum absolute atomic E-state index is 5.35. The van der Waals surface area contributed by atoms with Gasteiger partial charge in [-0.25, -0.2) is 0 Å². The standard InChI is InChI=1S/C14H19N3O2S/c1-5-11(15-14-17-16-9(2)20-14)10-6-7-12(18-3)13(8-10)19-4/h6-8,11H,5H2,1-4H3,(H,15,17). The molecule has 1 N–H and O–H groups in total. The Labute approximate surface area is 123 Å². The molecule has 5 nitrogen and oxygen atoms in total. The number of nitrogens with zero attached hydrogens (tertiary/aromatic N) is 2. The normalized spacial score (nSPS) is 12.0. The molecule has 0 radical (unpaired) electrons. The van der Waals surface area contributed by atoms with Crippen LogP contribution in [0, 0.1) is 6.92 Å². The average Bonchev–Trinajstić information content (AvgIpc) is 2.89. The number of hydrogen-bond acceptors (Lipinski definition) is 6. The van der Waals surface area contributed by atoms with Gasteiger partial charge in [0.15, 0.2) is 11.5 Å². The molecule has 2 aromatic rings. The highest BCUT2D eigenvalue weighted by molar-refractivity contribution is 7.15. The molecule has 6 heteroatoms. The number of nitrogens with one attached hydrogen (secondary N) is 1. The third kappa shape index (κ3) is 3.19. The van der Waals surface area contributed by atoms with E-state index < -0.39 is 0 Å². The van der Waals surface area contributed by atoms with Gasteiger partial charge in [0, 0.05) is 0 Å². The first-order chi connectivity index (χ1) is 9.67. The first kappa shape index (κ1) is 14.6. The molecule has 0 bridgehead atoms. The van der Waals surface area contributed by atoms with Gasteiger partial charge in [-0.3, -0.25) is 0 Å². The van der Waals surface area contributed by atoms with E-state index in [4.69, 9.17) is 9.47 Å². The van der Waals surface area contributed by atoms with Gasteiger partial charge in [0.05, 0.1) is 20.3 Å². The Bertz CT molecular complexity index is 571. The fourth-order valence-electron chi connectivity index (χ4n) is 1.99. The molecule has 0 fully saturated rings. The van der Waals surface area contributed by atoms with E-state index in [9.17, 15) is 0 Å². The summed E-state index contributed by atoms with van der Waals surface area (Å²) in [4.78, 5) is 0. The van der Waals surface area contributed by atoms with Crippen molar-refractivity contribution in [3.8, 4) is 11.5 Å². The lowest BCUT2D eigenvalue weighted by atomic mass is 10.0. The number of anilines is 1. The molecule has 0 aliphatic heterocycles. The van der Waals surface area contributed by atoms with E-state index in [1.54, 1.807) is 25.6 Å². The van der Waals surface area contributed by atoms with E-state index >= 15 is 0 Å². The van der Waals surface area contributed by atoms with Gasteiger partial charge in [-0.15, -0.1) is 10.2 Å². The van der Waals surface area contributed by atoms with Crippen LogP contribution in [0.2, 0.25) is 0 Å².